The zero-order chi connectivity index (χ0) is 25.0. The first-order valence-electron chi connectivity index (χ1n) is 10.9. The van der Waals surface area contributed by atoms with Crippen LogP contribution in [0.3, 0.4) is 0 Å². The lowest BCUT2D eigenvalue weighted by Crippen LogP contribution is -2.48. The number of benzene rings is 1. The summed E-state index contributed by atoms with van der Waals surface area (Å²) in [5.41, 5.74) is 1.70. The van der Waals surface area contributed by atoms with Crippen molar-refractivity contribution in [3.63, 3.8) is 0 Å². The maximum absolute atomic E-state index is 12.7. The number of pyridine rings is 1. The Morgan fingerprint density at radius 1 is 1.03 bits per heavy atom. The van der Waals surface area contributed by atoms with Gasteiger partial charge in [0.15, 0.2) is 0 Å². The van der Waals surface area contributed by atoms with Gasteiger partial charge in [0.1, 0.15) is 11.6 Å². The molecule has 0 aliphatic rings. The predicted octanol–water partition coefficient (Wildman–Crippen LogP) is 3.67. The van der Waals surface area contributed by atoms with Gasteiger partial charge in [0.25, 0.3) is 0 Å². The Balaban J connectivity index is 1.88. The van der Waals surface area contributed by atoms with Crippen LogP contribution in [0.1, 0.15) is 38.3 Å². The van der Waals surface area contributed by atoms with Gasteiger partial charge in [-0.2, -0.15) is 11.8 Å². The molecular weight excluding hydrogens is 454 g/mol. The molecule has 0 spiro atoms. The van der Waals surface area contributed by atoms with Crippen LogP contribution in [0.25, 0.3) is 0 Å². The number of rotatable bonds is 10. The molecule has 1 atom stereocenters. The number of hydrogen-bond donors (Lipinski definition) is 4. The number of nitrogens with zero attached hydrogens (tertiary/aromatic N) is 1. The van der Waals surface area contributed by atoms with E-state index < -0.39 is 17.7 Å². The van der Waals surface area contributed by atoms with E-state index in [1.54, 1.807) is 63.1 Å². The summed E-state index contributed by atoms with van der Waals surface area (Å²) in [4.78, 5) is 41.0. The van der Waals surface area contributed by atoms with Crippen LogP contribution in [0.2, 0.25) is 0 Å². The van der Waals surface area contributed by atoms with Gasteiger partial charge in [-0.3, -0.25) is 9.78 Å². The summed E-state index contributed by atoms with van der Waals surface area (Å²) in [5.74, 6) is 0.412. The second kappa shape index (κ2) is 13.4. The first-order chi connectivity index (χ1) is 16.2. The maximum atomic E-state index is 12.7. The fourth-order valence-corrected chi connectivity index (χ4v) is 3.36. The van der Waals surface area contributed by atoms with Crippen molar-refractivity contribution in [2.24, 2.45) is 0 Å². The van der Waals surface area contributed by atoms with Gasteiger partial charge in [0.2, 0.25) is 5.91 Å². The van der Waals surface area contributed by atoms with E-state index in [0.29, 0.717) is 24.4 Å². The monoisotopic (exact) mass is 487 g/mol. The van der Waals surface area contributed by atoms with Crippen molar-refractivity contribution in [1.29, 1.82) is 0 Å². The molecule has 2 aromatic rings. The first kappa shape index (κ1) is 27.0. The minimum Gasteiger partial charge on any atom is -0.444 e. The highest BCUT2D eigenvalue weighted by Gasteiger charge is 2.24. The highest BCUT2D eigenvalue weighted by molar-refractivity contribution is 7.98. The number of aromatic nitrogens is 1. The Morgan fingerprint density at radius 2 is 1.74 bits per heavy atom. The average molecular weight is 488 g/mol. The van der Waals surface area contributed by atoms with Gasteiger partial charge in [-0.1, -0.05) is 12.1 Å². The molecule has 0 unspecified atom stereocenters. The zero-order valence-corrected chi connectivity index (χ0v) is 20.8. The summed E-state index contributed by atoms with van der Waals surface area (Å²) in [6.07, 6.45) is 5.13. The van der Waals surface area contributed by atoms with E-state index in [2.05, 4.69) is 26.3 Å². The minimum absolute atomic E-state index is 0.249. The number of thioether (sulfide) groups is 1. The van der Waals surface area contributed by atoms with Crippen LogP contribution in [0.5, 0.6) is 0 Å². The molecule has 0 bridgehead atoms. The highest BCUT2D eigenvalue weighted by atomic mass is 32.2. The van der Waals surface area contributed by atoms with Crippen molar-refractivity contribution in [3.05, 3.63) is 59.9 Å². The lowest BCUT2D eigenvalue weighted by molar-refractivity contribution is -0.123. The van der Waals surface area contributed by atoms with Crippen LogP contribution in [0.15, 0.2) is 48.8 Å². The third kappa shape index (κ3) is 10.6. The molecule has 0 fully saturated rings. The lowest BCUT2D eigenvalue weighted by atomic mass is 10.1. The van der Waals surface area contributed by atoms with Gasteiger partial charge < -0.3 is 26.0 Å². The summed E-state index contributed by atoms with van der Waals surface area (Å²) in [6, 6.07) is 9.80. The topological polar surface area (TPSA) is 121 Å². The molecule has 1 aromatic heterocycles. The second-order valence-corrected chi connectivity index (χ2v) is 9.55. The smallest absolute Gasteiger partial charge is 0.408 e. The Labute approximate surface area is 204 Å². The number of alkyl carbamates (subject to hydrolysis) is 1. The fraction of sp³-hybridized carbons (Fsp3) is 0.417. The number of ether oxygens (including phenoxy) is 1. The van der Waals surface area contributed by atoms with Crippen molar-refractivity contribution in [2.75, 3.05) is 17.3 Å². The normalized spacial score (nSPS) is 11.8. The number of urea groups is 1. The summed E-state index contributed by atoms with van der Waals surface area (Å²) in [6.45, 7) is 5.93. The molecule has 0 saturated carbocycles. The van der Waals surface area contributed by atoms with E-state index in [9.17, 15) is 14.4 Å². The van der Waals surface area contributed by atoms with E-state index in [-0.39, 0.29) is 18.5 Å². The van der Waals surface area contributed by atoms with Gasteiger partial charge in [0.05, 0.1) is 0 Å². The van der Waals surface area contributed by atoms with Crippen molar-refractivity contribution >= 4 is 35.5 Å². The quantitative estimate of drug-likeness (QED) is 0.406. The predicted molar refractivity (Wildman–Crippen MR) is 135 cm³/mol. The van der Waals surface area contributed by atoms with Gasteiger partial charge in [-0.05, 0) is 74.6 Å². The molecule has 184 valence electrons. The molecule has 9 nitrogen and oxygen atoms in total. The summed E-state index contributed by atoms with van der Waals surface area (Å²) in [7, 11) is 0. The molecule has 0 radical (unpaired) electrons. The molecular formula is C24H33N5O4S. The van der Waals surface area contributed by atoms with Gasteiger partial charge in [-0.25, -0.2) is 9.59 Å². The highest BCUT2D eigenvalue weighted by Crippen LogP contribution is 2.12. The van der Waals surface area contributed by atoms with E-state index in [4.69, 9.17) is 4.74 Å². The van der Waals surface area contributed by atoms with Crippen LogP contribution >= 0.6 is 11.8 Å². The summed E-state index contributed by atoms with van der Waals surface area (Å²) in [5, 5.41) is 11.1. The van der Waals surface area contributed by atoms with Crippen LogP contribution in [-0.4, -0.2) is 46.7 Å². The van der Waals surface area contributed by atoms with Crippen molar-refractivity contribution < 1.29 is 19.1 Å². The summed E-state index contributed by atoms with van der Waals surface area (Å²) < 4.78 is 5.28. The first-order valence-corrected chi connectivity index (χ1v) is 12.3. The van der Waals surface area contributed by atoms with E-state index in [1.165, 1.54) is 0 Å². The number of carbonyl (C=O) groups excluding carboxylic acids is 3. The standard InChI is InChI=1S/C24H33N5O4S/c1-24(2,3)33-23(32)29-20(10-13-34-4)21(30)26-16-18-6-5-7-19(14-18)28-22(31)27-15-17-8-11-25-12-9-17/h5-9,11-12,14,20H,10,13,15-16H2,1-4H3,(H,26,30)(H,29,32)(H2,27,28,31)/t20-/m0/s1. The van der Waals surface area contributed by atoms with Crippen molar-refractivity contribution in [3.8, 4) is 0 Å². The number of amides is 4. The average Bonchev–Trinajstić information content (AvgIpc) is 2.78. The Morgan fingerprint density at radius 3 is 2.41 bits per heavy atom. The maximum Gasteiger partial charge on any atom is 0.408 e. The number of anilines is 1. The molecule has 4 N–H and O–H groups in total. The lowest BCUT2D eigenvalue weighted by Gasteiger charge is -2.23. The van der Waals surface area contributed by atoms with Crippen LogP contribution in [0.4, 0.5) is 15.3 Å². The second-order valence-electron chi connectivity index (χ2n) is 8.56. The van der Waals surface area contributed by atoms with Crippen molar-refractivity contribution in [2.45, 2.75) is 51.9 Å². The SMILES string of the molecule is CSCC[C@H](NC(=O)OC(C)(C)C)C(=O)NCc1cccc(NC(=O)NCc2ccncc2)c1. The molecule has 1 aromatic carbocycles. The van der Waals surface area contributed by atoms with E-state index >= 15 is 0 Å². The molecule has 0 aliphatic heterocycles. The molecule has 4 amide bonds. The molecule has 0 saturated heterocycles. The number of carbonyl (C=O) groups is 3. The third-order valence-electron chi connectivity index (χ3n) is 4.47. The van der Waals surface area contributed by atoms with Gasteiger partial charge in [0, 0.05) is 31.2 Å². The third-order valence-corrected chi connectivity index (χ3v) is 5.12. The zero-order valence-electron chi connectivity index (χ0n) is 20.0. The van der Waals surface area contributed by atoms with Crippen LogP contribution < -0.4 is 21.3 Å². The van der Waals surface area contributed by atoms with Crippen LogP contribution in [0, 0.1) is 0 Å². The minimum atomic E-state index is -0.706. The van der Waals surface area contributed by atoms with E-state index in [1.807, 2.05) is 24.5 Å². The fourth-order valence-electron chi connectivity index (χ4n) is 2.88. The number of nitrogens with one attached hydrogen (secondary N) is 4. The molecule has 2 rings (SSSR count). The molecule has 1 heterocycles. The van der Waals surface area contributed by atoms with E-state index in [0.717, 1.165) is 11.1 Å². The van der Waals surface area contributed by atoms with Crippen LogP contribution in [-0.2, 0) is 22.6 Å². The van der Waals surface area contributed by atoms with Gasteiger partial charge >= 0.3 is 12.1 Å². The molecule has 0 aliphatic carbocycles. The molecule has 34 heavy (non-hydrogen) atoms. The summed E-state index contributed by atoms with van der Waals surface area (Å²) >= 11 is 1.59. The largest absolute Gasteiger partial charge is 0.444 e. The van der Waals surface area contributed by atoms with Gasteiger partial charge in [-0.15, -0.1) is 0 Å². The Kier molecular flexibility index (Phi) is 10.7. The van der Waals surface area contributed by atoms with Crippen molar-refractivity contribution in [1.82, 2.24) is 20.9 Å². The molecule has 10 heteroatoms. The Hall–Kier alpha value is -3.27. The Bertz CT molecular complexity index is 950. The number of hydrogen-bond acceptors (Lipinski definition) is 6.